The highest BCUT2D eigenvalue weighted by molar-refractivity contribution is 5.99. The van der Waals surface area contributed by atoms with Crippen LogP contribution >= 0.6 is 0 Å². The third kappa shape index (κ3) is 1.83. The largest absolute Gasteiger partial charge is 0.508 e. The molecule has 3 heteroatoms. The van der Waals surface area contributed by atoms with Crippen molar-refractivity contribution in [1.82, 2.24) is 4.57 Å². The highest BCUT2D eigenvalue weighted by Crippen LogP contribution is 2.36. The van der Waals surface area contributed by atoms with E-state index in [4.69, 9.17) is 0 Å². The molecule has 20 heavy (non-hydrogen) atoms. The molecule has 0 saturated carbocycles. The van der Waals surface area contributed by atoms with E-state index in [2.05, 4.69) is 11.5 Å². The second-order valence-corrected chi connectivity index (χ2v) is 4.98. The predicted octanol–water partition coefficient (Wildman–Crippen LogP) is 3.82. The fourth-order valence-corrected chi connectivity index (χ4v) is 2.85. The molecule has 102 valence electrons. The summed E-state index contributed by atoms with van der Waals surface area (Å²) >= 11 is 0. The number of phenolic OH excluding ortho intramolecular Hbond substituents is 2. The molecule has 1 heterocycles. The number of aromatic hydroxyl groups is 2. The SMILES string of the molecule is CCc1c(-c2ccc(O)cc2)c2cc(O)ccc2n1C. The van der Waals surface area contributed by atoms with Gasteiger partial charge in [-0.1, -0.05) is 19.1 Å². The number of hydrogen-bond donors (Lipinski definition) is 2. The Morgan fingerprint density at radius 2 is 1.60 bits per heavy atom. The summed E-state index contributed by atoms with van der Waals surface area (Å²) in [5.74, 6) is 0.528. The van der Waals surface area contributed by atoms with E-state index in [9.17, 15) is 10.2 Å². The summed E-state index contributed by atoms with van der Waals surface area (Å²) in [5.41, 5.74) is 4.50. The zero-order chi connectivity index (χ0) is 14.3. The quantitative estimate of drug-likeness (QED) is 0.741. The van der Waals surface area contributed by atoms with Gasteiger partial charge in [0.2, 0.25) is 0 Å². The van der Waals surface area contributed by atoms with Crippen molar-refractivity contribution in [3.8, 4) is 22.6 Å². The average Bonchev–Trinajstić information content (AvgIpc) is 2.72. The van der Waals surface area contributed by atoms with Crippen molar-refractivity contribution >= 4 is 10.9 Å². The van der Waals surface area contributed by atoms with E-state index in [1.165, 1.54) is 5.69 Å². The molecule has 0 aliphatic heterocycles. The highest BCUT2D eigenvalue weighted by atomic mass is 16.3. The molecule has 0 atom stereocenters. The van der Waals surface area contributed by atoms with Crippen molar-refractivity contribution < 1.29 is 10.2 Å². The Morgan fingerprint density at radius 3 is 2.25 bits per heavy atom. The zero-order valence-electron chi connectivity index (χ0n) is 11.6. The lowest BCUT2D eigenvalue weighted by molar-refractivity contribution is 0.475. The first-order valence-electron chi connectivity index (χ1n) is 6.71. The van der Waals surface area contributed by atoms with Crippen LogP contribution in [-0.4, -0.2) is 14.8 Å². The maximum absolute atomic E-state index is 9.77. The van der Waals surface area contributed by atoms with Crippen molar-refractivity contribution in [1.29, 1.82) is 0 Å². The van der Waals surface area contributed by atoms with Crippen LogP contribution in [0.2, 0.25) is 0 Å². The molecule has 3 rings (SSSR count). The molecule has 0 aliphatic rings. The maximum Gasteiger partial charge on any atom is 0.116 e. The van der Waals surface area contributed by atoms with Crippen molar-refractivity contribution in [2.24, 2.45) is 7.05 Å². The Labute approximate surface area is 117 Å². The molecule has 2 aromatic carbocycles. The maximum atomic E-state index is 9.77. The van der Waals surface area contributed by atoms with Crippen LogP contribution in [0.5, 0.6) is 11.5 Å². The normalized spacial score (nSPS) is 11.1. The fourth-order valence-electron chi connectivity index (χ4n) is 2.85. The molecule has 0 amide bonds. The topological polar surface area (TPSA) is 45.4 Å². The summed E-state index contributed by atoms with van der Waals surface area (Å²) in [4.78, 5) is 0. The molecular weight excluding hydrogens is 250 g/mol. The van der Waals surface area contributed by atoms with Gasteiger partial charge in [-0.05, 0) is 42.3 Å². The first kappa shape index (κ1) is 12.6. The Hall–Kier alpha value is -2.42. The van der Waals surface area contributed by atoms with Crippen LogP contribution in [0.3, 0.4) is 0 Å². The molecule has 0 radical (unpaired) electrons. The van der Waals surface area contributed by atoms with Crippen LogP contribution in [0.15, 0.2) is 42.5 Å². The summed E-state index contributed by atoms with van der Waals surface area (Å²) in [6.07, 6.45) is 0.905. The van der Waals surface area contributed by atoms with E-state index in [1.807, 2.05) is 25.2 Å². The van der Waals surface area contributed by atoms with Gasteiger partial charge in [-0.3, -0.25) is 0 Å². The summed E-state index contributed by atoms with van der Waals surface area (Å²) in [7, 11) is 2.04. The molecule has 3 aromatic rings. The van der Waals surface area contributed by atoms with Gasteiger partial charge in [-0.2, -0.15) is 0 Å². The standard InChI is InChI=1S/C17H17NO2/c1-3-15-17(11-4-6-12(19)7-5-11)14-10-13(20)8-9-16(14)18(15)2/h4-10,19-20H,3H2,1-2H3. The number of benzene rings is 2. The minimum Gasteiger partial charge on any atom is -0.508 e. The summed E-state index contributed by atoms with van der Waals surface area (Å²) in [5, 5.41) is 20.3. The monoisotopic (exact) mass is 267 g/mol. The third-order valence-corrected chi connectivity index (χ3v) is 3.80. The predicted molar refractivity (Wildman–Crippen MR) is 81.1 cm³/mol. The number of nitrogens with zero attached hydrogens (tertiary/aromatic N) is 1. The van der Waals surface area contributed by atoms with Crippen molar-refractivity contribution in [3.63, 3.8) is 0 Å². The molecule has 2 N–H and O–H groups in total. The molecular formula is C17H17NO2. The first-order chi connectivity index (χ1) is 9.61. The number of hydrogen-bond acceptors (Lipinski definition) is 2. The van der Waals surface area contributed by atoms with Crippen LogP contribution in [0.25, 0.3) is 22.0 Å². The number of aromatic nitrogens is 1. The van der Waals surface area contributed by atoms with Crippen molar-refractivity contribution in [2.75, 3.05) is 0 Å². The molecule has 1 aromatic heterocycles. The van der Waals surface area contributed by atoms with E-state index in [-0.39, 0.29) is 11.5 Å². The van der Waals surface area contributed by atoms with Gasteiger partial charge < -0.3 is 14.8 Å². The summed E-state index contributed by atoms with van der Waals surface area (Å²) < 4.78 is 2.16. The zero-order valence-corrected chi connectivity index (χ0v) is 11.6. The lowest BCUT2D eigenvalue weighted by Gasteiger charge is -2.06. The highest BCUT2D eigenvalue weighted by Gasteiger charge is 2.15. The van der Waals surface area contributed by atoms with Gasteiger partial charge in [0, 0.05) is 29.2 Å². The minimum absolute atomic E-state index is 0.259. The van der Waals surface area contributed by atoms with Crippen molar-refractivity contribution in [3.05, 3.63) is 48.2 Å². The molecule has 3 nitrogen and oxygen atoms in total. The molecule has 0 fully saturated rings. The Kier molecular flexibility index (Phi) is 2.90. The van der Waals surface area contributed by atoms with Crippen LogP contribution in [0, 0.1) is 0 Å². The Morgan fingerprint density at radius 1 is 0.950 bits per heavy atom. The van der Waals surface area contributed by atoms with E-state index in [0.717, 1.165) is 28.5 Å². The van der Waals surface area contributed by atoms with E-state index in [1.54, 1.807) is 24.3 Å². The first-order valence-corrected chi connectivity index (χ1v) is 6.71. The number of phenols is 2. The lowest BCUT2D eigenvalue weighted by atomic mass is 10.0. The van der Waals surface area contributed by atoms with E-state index < -0.39 is 0 Å². The van der Waals surface area contributed by atoms with Gasteiger partial charge >= 0.3 is 0 Å². The summed E-state index contributed by atoms with van der Waals surface area (Å²) in [6.45, 7) is 2.12. The smallest absolute Gasteiger partial charge is 0.116 e. The van der Waals surface area contributed by atoms with Crippen LogP contribution < -0.4 is 0 Å². The third-order valence-electron chi connectivity index (χ3n) is 3.80. The lowest BCUT2D eigenvalue weighted by Crippen LogP contribution is -1.95. The second-order valence-electron chi connectivity index (χ2n) is 4.98. The van der Waals surface area contributed by atoms with Crippen LogP contribution in [-0.2, 0) is 13.5 Å². The minimum atomic E-state index is 0.259. The molecule has 0 spiro atoms. The van der Waals surface area contributed by atoms with E-state index >= 15 is 0 Å². The number of rotatable bonds is 2. The second kappa shape index (κ2) is 4.60. The molecule has 0 saturated heterocycles. The van der Waals surface area contributed by atoms with Gasteiger partial charge in [0.1, 0.15) is 11.5 Å². The van der Waals surface area contributed by atoms with Gasteiger partial charge in [0.05, 0.1) is 0 Å². The van der Waals surface area contributed by atoms with Gasteiger partial charge in [0.15, 0.2) is 0 Å². The Bertz CT molecular complexity index is 770. The fraction of sp³-hybridized carbons (Fsp3) is 0.176. The van der Waals surface area contributed by atoms with Crippen LogP contribution in [0.1, 0.15) is 12.6 Å². The van der Waals surface area contributed by atoms with Gasteiger partial charge in [0.25, 0.3) is 0 Å². The molecule has 0 unspecified atom stereocenters. The van der Waals surface area contributed by atoms with Gasteiger partial charge in [-0.25, -0.2) is 0 Å². The van der Waals surface area contributed by atoms with Gasteiger partial charge in [-0.15, -0.1) is 0 Å². The average molecular weight is 267 g/mol. The van der Waals surface area contributed by atoms with E-state index in [0.29, 0.717) is 0 Å². The van der Waals surface area contributed by atoms with Crippen LogP contribution in [0.4, 0.5) is 0 Å². The molecule has 0 aliphatic carbocycles. The summed E-state index contributed by atoms with van der Waals surface area (Å²) in [6, 6.07) is 12.7. The number of aryl methyl sites for hydroxylation is 1. The Balaban J connectivity index is 2.38. The van der Waals surface area contributed by atoms with Crippen molar-refractivity contribution in [2.45, 2.75) is 13.3 Å². The molecule has 0 bridgehead atoms. The number of fused-ring (bicyclic) bond motifs is 1.